The van der Waals surface area contributed by atoms with Gasteiger partial charge in [-0.3, -0.25) is 0 Å². The molecule has 0 aliphatic carbocycles. The van der Waals surface area contributed by atoms with Crippen LogP contribution in [0.3, 0.4) is 0 Å². The zero-order chi connectivity index (χ0) is 19.4. The van der Waals surface area contributed by atoms with E-state index < -0.39 is 24.3 Å². The van der Waals surface area contributed by atoms with E-state index in [1.165, 1.54) is 31.2 Å². The summed E-state index contributed by atoms with van der Waals surface area (Å²) in [6.45, 7) is 3.40. The number of aryl methyl sites for hydroxylation is 1. The number of benzene rings is 2. The Labute approximate surface area is 148 Å². The predicted octanol–water partition coefficient (Wildman–Crippen LogP) is 6.36. The van der Waals surface area contributed by atoms with Crippen LogP contribution in [0.15, 0.2) is 48.5 Å². The molecule has 26 heavy (non-hydrogen) atoms. The predicted molar refractivity (Wildman–Crippen MR) is 87.0 cm³/mol. The van der Waals surface area contributed by atoms with Gasteiger partial charge in [0.15, 0.2) is 0 Å². The highest BCUT2D eigenvalue weighted by Crippen LogP contribution is 2.36. The Morgan fingerprint density at radius 3 is 1.96 bits per heavy atom. The molecule has 2 aromatic rings. The lowest BCUT2D eigenvalue weighted by Crippen LogP contribution is -2.20. The fourth-order valence-electron chi connectivity index (χ4n) is 2.45. The minimum atomic E-state index is -4.80. The third-order valence-corrected chi connectivity index (χ3v) is 3.74. The summed E-state index contributed by atoms with van der Waals surface area (Å²) in [4.78, 5) is 0. The second-order valence-electron chi connectivity index (χ2n) is 5.84. The van der Waals surface area contributed by atoms with E-state index in [1.54, 1.807) is 12.1 Å². The minimum Gasteiger partial charge on any atom is -0.406 e. The smallest absolute Gasteiger partial charge is 0.406 e. The molecule has 0 amide bonds. The zero-order valence-corrected chi connectivity index (χ0v) is 14.3. The molecule has 0 saturated carbocycles. The van der Waals surface area contributed by atoms with Crippen molar-refractivity contribution in [1.82, 2.24) is 0 Å². The molecule has 0 spiro atoms. The van der Waals surface area contributed by atoms with Gasteiger partial charge in [0.05, 0.1) is 11.7 Å². The number of alkyl halides is 5. The van der Waals surface area contributed by atoms with Gasteiger partial charge in [0.2, 0.25) is 0 Å². The molecule has 0 fully saturated rings. The van der Waals surface area contributed by atoms with E-state index in [4.69, 9.17) is 4.74 Å². The van der Waals surface area contributed by atoms with Crippen molar-refractivity contribution in [2.75, 3.05) is 0 Å². The SMILES string of the molecule is CCCc1ccc(C(F)(F)OC(C)c2ccc(OC(F)(F)F)cc2)cc1. The van der Waals surface area contributed by atoms with Crippen LogP contribution in [0.2, 0.25) is 0 Å². The van der Waals surface area contributed by atoms with Gasteiger partial charge >= 0.3 is 12.5 Å². The monoisotopic (exact) mass is 374 g/mol. The lowest BCUT2D eigenvalue weighted by atomic mass is 10.1. The lowest BCUT2D eigenvalue weighted by Gasteiger charge is -2.22. The quantitative estimate of drug-likeness (QED) is 0.525. The number of ether oxygens (including phenoxy) is 2. The molecule has 1 atom stereocenters. The molecule has 0 aliphatic heterocycles. The molecule has 0 N–H and O–H groups in total. The maximum atomic E-state index is 14.3. The number of rotatable bonds is 7. The minimum absolute atomic E-state index is 0.277. The van der Waals surface area contributed by atoms with E-state index in [-0.39, 0.29) is 5.56 Å². The van der Waals surface area contributed by atoms with Gasteiger partial charge in [-0.2, -0.15) is 8.78 Å². The first-order valence-electron chi connectivity index (χ1n) is 8.11. The van der Waals surface area contributed by atoms with Crippen LogP contribution in [0.4, 0.5) is 22.0 Å². The summed E-state index contributed by atoms with van der Waals surface area (Å²) in [5.74, 6) is -0.424. The van der Waals surface area contributed by atoms with Crippen molar-refractivity contribution in [3.05, 3.63) is 65.2 Å². The van der Waals surface area contributed by atoms with E-state index in [1.807, 2.05) is 6.92 Å². The molecule has 2 nitrogen and oxygen atoms in total. The summed E-state index contributed by atoms with van der Waals surface area (Å²) in [6.07, 6.45) is -7.64. The van der Waals surface area contributed by atoms with Crippen LogP contribution in [-0.4, -0.2) is 6.36 Å². The summed E-state index contributed by atoms with van der Waals surface area (Å²) >= 11 is 0. The highest BCUT2D eigenvalue weighted by Gasteiger charge is 2.35. The summed E-state index contributed by atoms with van der Waals surface area (Å²) in [7, 11) is 0. The van der Waals surface area contributed by atoms with E-state index >= 15 is 0 Å². The third kappa shape index (κ3) is 5.69. The van der Waals surface area contributed by atoms with E-state index in [9.17, 15) is 22.0 Å². The van der Waals surface area contributed by atoms with Gasteiger partial charge in [0, 0.05) is 0 Å². The first-order chi connectivity index (χ1) is 12.1. The normalized spacial score (nSPS) is 13.5. The fraction of sp³-hybridized carbons (Fsp3) is 0.368. The van der Waals surface area contributed by atoms with Crippen LogP contribution in [0.1, 0.15) is 43.1 Å². The van der Waals surface area contributed by atoms with Gasteiger partial charge in [-0.15, -0.1) is 13.2 Å². The van der Waals surface area contributed by atoms with Crippen LogP contribution in [0, 0.1) is 0 Å². The van der Waals surface area contributed by atoms with Crippen molar-refractivity contribution >= 4 is 0 Å². The Bertz CT molecular complexity index is 693. The zero-order valence-electron chi connectivity index (χ0n) is 14.3. The lowest BCUT2D eigenvalue weighted by molar-refractivity contribution is -0.274. The van der Waals surface area contributed by atoms with E-state index in [0.717, 1.165) is 30.5 Å². The number of halogens is 5. The van der Waals surface area contributed by atoms with Crippen molar-refractivity contribution in [2.24, 2.45) is 0 Å². The first kappa shape index (κ1) is 20.2. The van der Waals surface area contributed by atoms with Crippen LogP contribution in [0.5, 0.6) is 5.75 Å². The van der Waals surface area contributed by atoms with Crippen LogP contribution >= 0.6 is 0 Å². The second kappa shape index (κ2) is 8.03. The van der Waals surface area contributed by atoms with Gasteiger partial charge in [0.1, 0.15) is 5.75 Å². The Hall–Kier alpha value is -2.15. The molecule has 1 unspecified atom stereocenters. The molecule has 7 heteroatoms. The standard InChI is InChI=1S/C19H19F5O2/c1-3-4-14-5-9-16(10-6-14)18(20,21)25-13(2)15-7-11-17(12-8-15)26-19(22,23)24/h5-13H,3-4H2,1-2H3. The highest BCUT2D eigenvalue weighted by atomic mass is 19.4. The summed E-state index contributed by atoms with van der Waals surface area (Å²) in [6, 6.07) is 10.5. The molecule has 0 heterocycles. The van der Waals surface area contributed by atoms with Crippen molar-refractivity contribution in [3.8, 4) is 5.75 Å². The fourth-order valence-corrected chi connectivity index (χ4v) is 2.45. The Balaban J connectivity index is 2.06. The molecule has 0 aliphatic rings. The molecular formula is C19H19F5O2. The summed E-state index contributed by atoms with van der Waals surface area (Å²) < 4.78 is 73.7. The van der Waals surface area contributed by atoms with Crippen LogP contribution in [0.25, 0.3) is 0 Å². The molecular weight excluding hydrogens is 355 g/mol. The molecule has 2 rings (SSSR count). The maximum absolute atomic E-state index is 14.3. The molecule has 0 aromatic heterocycles. The Morgan fingerprint density at radius 1 is 0.885 bits per heavy atom. The third-order valence-electron chi connectivity index (χ3n) is 3.74. The van der Waals surface area contributed by atoms with Crippen LogP contribution < -0.4 is 4.74 Å². The largest absolute Gasteiger partial charge is 0.573 e. The van der Waals surface area contributed by atoms with Crippen molar-refractivity contribution in [3.63, 3.8) is 0 Å². The van der Waals surface area contributed by atoms with Gasteiger partial charge in [0.25, 0.3) is 0 Å². The summed E-state index contributed by atoms with van der Waals surface area (Å²) in [5.41, 5.74) is 0.989. The van der Waals surface area contributed by atoms with Gasteiger partial charge in [-0.25, -0.2) is 0 Å². The highest BCUT2D eigenvalue weighted by molar-refractivity contribution is 5.29. The van der Waals surface area contributed by atoms with E-state index in [0.29, 0.717) is 5.56 Å². The molecule has 2 aromatic carbocycles. The molecule has 0 bridgehead atoms. The average molecular weight is 374 g/mol. The number of hydrogen-bond donors (Lipinski definition) is 0. The van der Waals surface area contributed by atoms with Crippen molar-refractivity contribution in [2.45, 2.75) is 45.3 Å². The number of hydrogen-bond acceptors (Lipinski definition) is 2. The van der Waals surface area contributed by atoms with Crippen molar-refractivity contribution < 1.29 is 31.4 Å². The van der Waals surface area contributed by atoms with Gasteiger partial charge < -0.3 is 9.47 Å². The second-order valence-corrected chi connectivity index (χ2v) is 5.84. The average Bonchev–Trinajstić information content (AvgIpc) is 2.54. The van der Waals surface area contributed by atoms with Crippen LogP contribution in [-0.2, 0) is 17.3 Å². The van der Waals surface area contributed by atoms with Crippen molar-refractivity contribution in [1.29, 1.82) is 0 Å². The molecule has 0 saturated heterocycles. The maximum Gasteiger partial charge on any atom is 0.573 e. The Kier molecular flexibility index (Phi) is 6.23. The molecule has 0 radical (unpaired) electrons. The van der Waals surface area contributed by atoms with Gasteiger partial charge in [-0.1, -0.05) is 49.7 Å². The Morgan fingerprint density at radius 2 is 1.46 bits per heavy atom. The van der Waals surface area contributed by atoms with Gasteiger partial charge in [-0.05, 0) is 36.6 Å². The van der Waals surface area contributed by atoms with E-state index in [2.05, 4.69) is 4.74 Å². The summed E-state index contributed by atoms with van der Waals surface area (Å²) in [5, 5.41) is 0. The topological polar surface area (TPSA) is 18.5 Å². The molecule has 142 valence electrons. The first-order valence-corrected chi connectivity index (χ1v) is 8.11.